The van der Waals surface area contributed by atoms with Gasteiger partial charge in [0.15, 0.2) is 5.13 Å². The number of carbonyl (C=O) groups excluding carboxylic acids is 2. The first-order valence-electron chi connectivity index (χ1n) is 9.79. The molecule has 0 spiro atoms. The van der Waals surface area contributed by atoms with E-state index >= 15 is 0 Å². The number of benzene rings is 1. The van der Waals surface area contributed by atoms with Crippen LogP contribution >= 0.6 is 11.3 Å². The van der Waals surface area contributed by atoms with Gasteiger partial charge in [-0.1, -0.05) is 32.1 Å². The van der Waals surface area contributed by atoms with Crippen LogP contribution in [0.1, 0.15) is 39.3 Å². The van der Waals surface area contributed by atoms with E-state index < -0.39 is 21.3 Å². The SMILES string of the molecule is COc1ccc(-c2sc(NC(=O)C(C)(C)C)nc2C)cc1S(=O)(=O)NCCCC(=O)NO. The molecule has 0 aliphatic carbocycles. The summed E-state index contributed by atoms with van der Waals surface area (Å²) in [4.78, 5) is 28.4. The van der Waals surface area contributed by atoms with Gasteiger partial charge < -0.3 is 10.1 Å². The van der Waals surface area contributed by atoms with Crippen LogP contribution in [0, 0.1) is 12.3 Å². The third-order valence-corrected chi connectivity index (χ3v) is 7.02. The summed E-state index contributed by atoms with van der Waals surface area (Å²) in [5.74, 6) is -0.605. The average Bonchev–Trinajstić information content (AvgIpc) is 3.09. The molecule has 0 atom stereocenters. The summed E-state index contributed by atoms with van der Waals surface area (Å²) < 4.78 is 33.3. The lowest BCUT2D eigenvalue weighted by Gasteiger charge is -2.15. The number of ether oxygens (including phenoxy) is 1. The molecule has 0 fully saturated rings. The Morgan fingerprint density at radius 1 is 1.25 bits per heavy atom. The molecule has 0 radical (unpaired) electrons. The van der Waals surface area contributed by atoms with Gasteiger partial charge in [-0.15, -0.1) is 0 Å². The number of hydroxylamine groups is 1. The summed E-state index contributed by atoms with van der Waals surface area (Å²) in [5, 5.41) is 11.7. The number of hydrogen-bond donors (Lipinski definition) is 4. The number of methoxy groups -OCH3 is 1. The van der Waals surface area contributed by atoms with Crippen LogP contribution in [-0.4, -0.2) is 44.1 Å². The Hall–Kier alpha value is -2.54. The van der Waals surface area contributed by atoms with Gasteiger partial charge in [-0.3, -0.25) is 14.8 Å². The number of aryl methyl sites for hydroxylation is 1. The zero-order valence-electron chi connectivity index (χ0n) is 18.6. The third kappa shape index (κ3) is 6.48. The van der Waals surface area contributed by atoms with Gasteiger partial charge in [-0.05, 0) is 37.1 Å². The molecule has 0 saturated heterocycles. The van der Waals surface area contributed by atoms with Crippen molar-refractivity contribution in [1.82, 2.24) is 15.2 Å². The van der Waals surface area contributed by atoms with Crippen LogP contribution in [0.25, 0.3) is 10.4 Å². The summed E-state index contributed by atoms with van der Waals surface area (Å²) in [6.07, 6.45) is 0.178. The van der Waals surface area contributed by atoms with E-state index in [-0.39, 0.29) is 35.9 Å². The van der Waals surface area contributed by atoms with Gasteiger partial charge in [0.2, 0.25) is 21.8 Å². The molecule has 2 aromatic rings. The second kappa shape index (κ2) is 10.4. The maximum Gasteiger partial charge on any atom is 0.244 e. The Balaban J connectivity index is 2.30. The van der Waals surface area contributed by atoms with Crippen LogP contribution in [0.15, 0.2) is 23.1 Å². The molecule has 1 aromatic carbocycles. The molecule has 0 saturated carbocycles. The van der Waals surface area contributed by atoms with Crippen molar-refractivity contribution in [3.05, 3.63) is 23.9 Å². The Morgan fingerprint density at radius 3 is 2.53 bits per heavy atom. The monoisotopic (exact) mass is 484 g/mol. The Kier molecular flexibility index (Phi) is 8.35. The van der Waals surface area contributed by atoms with E-state index in [4.69, 9.17) is 9.94 Å². The maximum atomic E-state index is 12.8. The molecular weight excluding hydrogens is 456 g/mol. The summed E-state index contributed by atoms with van der Waals surface area (Å²) in [6.45, 7) is 7.18. The Labute approximate surface area is 191 Å². The van der Waals surface area contributed by atoms with Gasteiger partial charge in [0, 0.05) is 18.4 Å². The fourth-order valence-corrected chi connectivity index (χ4v) is 4.84. The van der Waals surface area contributed by atoms with Crippen LogP contribution in [0.3, 0.4) is 0 Å². The molecule has 0 aliphatic rings. The van der Waals surface area contributed by atoms with Crippen molar-refractivity contribution in [2.75, 3.05) is 19.0 Å². The zero-order valence-corrected chi connectivity index (χ0v) is 20.2. The minimum atomic E-state index is -3.94. The van der Waals surface area contributed by atoms with Crippen molar-refractivity contribution in [2.24, 2.45) is 5.41 Å². The number of rotatable bonds is 9. The van der Waals surface area contributed by atoms with E-state index in [0.29, 0.717) is 21.3 Å². The number of amides is 2. The maximum absolute atomic E-state index is 12.8. The standard InChI is InChI=1S/C20H28N4O6S2/c1-12-17(31-19(22-12)23-18(26)20(2,3)4)13-8-9-14(30-5)15(11-13)32(28,29)21-10-6-7-16(25)24-27/h8-9,11,21,27H,6-7,10H2,1-5H3,(H,24,25)(H,22,23,26). The molecule has 0 unspecified atom stereocenters. The first-order valence-corrected chi connectivity index (χ1v) is 12.1. The molecule has 176 valence electrons. The highest BCUT2D eigenvalue weighted by Crippen LogP contribution is 2.36. The summed E-state index contributed by atoms with van der Waals surface area (Å²) in [7, 11) is -2.56. The number of hydrogen-bond acceptors (Lipinski definition) is 8. The molecule has 2 amide bonds. The summed E-state index contributed by atoms with van der Waals surface area (Å²) in [5.41, 5.74) is 2.18. The zero-order chi connectivity index (χ0) is 24.1. The Bertz CT molecular complexity index is 1090. The first kappa shape index (κ1) is 25.7. The molecular formula is C20H28N4O6S2. The fourth-order valence-electron chi connectivity index (χ4n) is 2.62. The molecule has 0 bridgehead atoms. The molecule has 12 heteroatoms. The van der Waals surface area contributed by atoms with Crippen molar-refractivity contribution >= 4 is 38.3 Å². The molecule has 1 heterocycles. The van der Waals surface area contributed by atoms with Crippen molar-refractivity contribution < 1.29 is 28.0 Å². The van der Waals surface area contributed by atoms with Crippen molar-refractivity contribution in [3.63, 3.8) is 0 Å². The van der Waals surface area contributed by atoms with Crippen LogP contribution in [0.2, 0.25) is 0 Å². The second-order valence-corrected chi connectivity index (χ2v) is 10.8. The predicted octanol–water partition coefficient (Wildman–Crippen LogP) is 2.68. The van der Waals surface area contributed by atoms with Gasteiger partial charge >= 0.3 is 0 Å². The number of carbonyl (C=O) groups is 2. The number of nitrogens with one attached hydrogen (secondary N) is 3. The van der Waals surface area contributed by atoms with Gasteiger partial charge in [0.05, 0.1) is 17.7 Å². The Morgan fingerprint density at radius 2 is 1.94 bits per heavy atom. The lowest BCUT2D eigenvalue weighted by atomic mass is 9.96. The van der Waals surface area contributed by atoms with Crippen LogP contribution in [-0.2, 0) is 19.6 Å². The lowest BCUT2D eigenvalue weighted by molar-refractivity contribution is -0.129. The van der Waals surface area contributed by atoms with Crippen LogP contribution in [0.5, 0.6) is 5.75 Å². The normalized spacial score (nSPS) is 11.8. The van der Waals surface area contributed by atoms with Crippen molar-refractivity contribution in [3.8, 4) is 16.2 Å². The van der Waals surface area contributed by atoms with Crippen molar-refractivity contribution in [1.29, 1.82) is 0 Å². The minimum absolute atomic E-state index is 0.00566. The number of nitrogens with zero attached hydrogens (tertiary/aromatic N) is 1. The number of anilines is 1. The largest absolute Gasteiger partial charge is 0.495 e. The van der Waals surface area contributed by atoms with Gasteiger partial charge in [-0.2, -0.15) is 0 Å². The average molecular weight is 485 g/mol. The highest BCUT2D eigenvalue weighted by atomic mass is 32.2. The quantitative estimate of drug-likeness (QED) is 0.243. The van der Waals surface area contributed by atoms with E-state index in [1.54, 1.807) is 39.8 Å². The topological polar surface area (TPSA) is 147 Å². The van der Waals surface area contributed by atoms with Gasteiger partial charge in [0.1, 0.15) is 10.6 Å². The molecule has 32 heavy (non-hydrogen) atoms. The van der Waals surface area contributed by atoms with Crippen LogP contribution in [0.4, 0.5) is 5.13 Å². The van der Waals surface area contributed by atoms with E-state index in [0.717, 1.165) is 0 Å². The molecule has 10 nitrogen and oxygen atoms in total. The molecule has 2 rings (SSSR count). The number of aromatic nitrogens is 1. The van der Waals surface area contributed by atoms with E-state index in [1.807, 2.05) is 0 Å². The van der Waals surface area contributed by atoms with E-state index in [9.17, 15) is 18.0 Å². The highest BCUT2D eigenvalue weighted by Gasteiger charge is 2.24. The fraction of sp³-hybridized carbons (Fsp3) is 0.450. The smallest absolute Gasteiger partial charge is 0.244 e. The first-order chi connectivity index (χ1) is 14.9. The van der Waals surface area contributed by atoms with Crippen LogP contribution < -0.4 is 20.3 Å². The summed E-state index contributed by atoms with van der Waals surface area (Å²) >= 11 is 1.25. The lowest BCUT2D eigenvalue weighted by Crippen LogP contribution is -2.27. The molecule has 4 N–H and O–H groups in total. The second-order valence-electron chi connectivity index (χ2n) is 8.04. The summed E-state index contributed by atoms with van der Waals surface area (Å²) in [6, 6.07) is 4.76. The third-order valence-electron chi connectivity index (χ3n) is 4.41. The van der Waals surface area contributed by atoms with Gasteiger partial charge in [0.25, 0.3) is 0 Å². The highest BCUT2D eigenvalue weighted by molar-refractivity contribution is 7.89. The van der Waals surface area contributed by atoms with Crippen molar-refractivity contribution in [2.45, 2.75) is 45.4 Å². The van der Waals surface area contributed by atoms with E-state index in [1.165, 1.54) is 30.0 Å². The van der Waals surface area contributed by atoms with E-state index in [2.05, 4.69) is 15.0 Å². The number of sulfonamides is 1. The molecule has 0 aliphatic heterocycles. The minimum Gasteiger partial charge on any atom is -0.495 e. The number of thiazole rings is 1. The van der Waals surface area contributed by atoms with Gasteiger partial charge in [-0.25, -0.2) is 23.6 Å². The predicted molar refractivity (Wildman–Crippen MR) is 121 cm³/mol. The molecule has 1 aromatic heterocycles.